The molecule has 0 amide bonds. The number of rotatable bonds is 15. The lowest BCUT2D eigenvalue weighted by Crippen LogP contribution is -2.53. The minimum absolute atomic E-state index is 0.0221. The molecule has 0 saturated heterocycles. The highest BCUT2D eigenvalue weighted by Crippen LogP contribution is 2.53. The summed E-state index contributed by atoms with van der Waals surface area (Å²) in [5.41, 5.74) is 1.62. The number of carbonyl (C=O) groups is 4. The Morgan fingerprint density at radius 2 is 1.81 bits per heavy atom. The van der Waals surface area contributed by atoms with Crippen LogP contribution in [0.1, 0.15) is 19.4 Å². The fourth-order valence-corrected chi connectivity index (χ4v) is 5.05. The van der Waals surface area contributed by atoms with Crippen LogP contribution < -0.4 is 5.73 Å². The molecule has 2 rings (SSSR count). The van der Waals surface area contributed by atoms with Crippen LogP contribution >= 0.6 is 23.2 Å². The highest BCUT2D eigenvalue weighted by Gasteiger charge is 2.60. The third-order valence-electron chi connectivity index (χ3n) is 6.11. The van der Waals surface area contributed by atoms with Crippen LogP contribution in [0, 0.1) is 5.92 Å². The first-order valence-electron chi connectivity index (χ1n) is 12.5. The molecule has 0 fully saturated rings. The van der Waals surface area contributed by atoms with Gasteiger partial charge in [0.2, 0.25) is 0 Å². The van der Waals surface area contributed by atoms with Gasteiger partial charge in [0.05, 0.1) is 65.8 Å². The van der Waals surface area contributed by atoms with Crippen molar-refractivity contribution in [2.75, 3.05) is 46.7 Å². The van der Waals surface area contributed by atoms with Crippen molar-refractivity contribution in [3.63, 3.8) is 0 Å². The number of halogens is 2. The molecular weight excluding hydrogens is 595 g/mol. The minimum atomic E-state index is -2.47. The van der Waals surface area contributed by atoms with E-state index in [-0.39, 0.29) is 53.4 Å². The van der Waals surface area contributed by atoms with Crippen molar-refractivity contribution in [1.29, 1.82) is 0 Å². The molecule has 1 aromatic carbocycles. The van der Waals surface area contributed by atoms with Crippen LogP contribution in [0.25, 0.3) is 0 Å². The molecule has 0 spiro atoms. The smallest absolute Gasteiger partial charge is 0.337 e. The molecule has 14 heteroatoms. The van der Waals surface area contributed by atoms with Gasteiger partial charge in [0.15, 0.2) is 0 Å². The van der Waals surface area contributed by atoms with Crippen LogP contribution in [-0.4, -0.2) is 86.5 Å². The number of nitrogens with zero attached hydrogens (tertiary/aromatic N) is 1. The Bertz CT molecular complexity index is 1340. The number of hydrogen-bond acceptors (Lipinski definition) is 10. The van der Waals surface area contributed by atoms with Gasteiger partial charge in [-0.05, 0) is 31.1 Å². The number of hydrogen-bond donors (Lipinski definition) is 3. The maximum Gasteiger partial charge on any atom is 0.337 e. The van der Waals surface area contributed by atoms with Gasteiger partial charge in [-0.25, -0.2) is 14.4 Å². The van der Waals surface area contributed by atoms with Crippen LogP contribution in [0.3, 0.4) is 0 Å². The standard InChI is InChI=1S/C28H32Cl2N2O10/c1-15(2)13-42-27(38)23-20(14-41-11-10-40-9-8-31)32-16(3)22(26(37)39-4)28(23,18(25(35)36)12-21(33)34)17-6-5-7-19(29)24(17)30/h5-7,12,22H,1,8-11,13-14,31H2,2-4H3,(H,33,34)(H,35,36). The summed E-state index contributed by atoms with van der Waals surface area (Å²) >= 11 is 13.0. The van der Waals surface area contributed by atoms with E-state index in [0.29, 0.717) is 18.2 Å². The first-order valence-corrected chi connectivity index (χ1v) is 13.3. The third-order valence-corrected chi connectivity index (χ3v) is 6.93. The second kappa shape index (κ2) is 15.6. The van der Waals surface area contributed by atoms with Crippen LogP contribution in [-0.2, 0) is 43.5 Å². The quantitative estimate of drug-likeness (QED) is 0.112. The van der Waals surface area contributed by atoms with Crippen molar-refractivity contribution < 1.29 is 48.3 Å². The number of aliphatic carboxylic acids is 2. The zero-order valence-corrected chi connectivity index (χ0v) is 24.8. The molecule has 12 nitrogen and oxygen atoms in total. The van der Waals surface area contributed by atoms with E-state index in [2.05, 4.69) is 11.6 Å². The molecule has 2 unspecified atom stereocenters. The summed E-state index contributed by atoms with van der Waals surface area (Å²) in [5.74, 6) is -7.33. The number of esters is 2. The van der Waals surface area contributed by atoms with E-state index < -0.39 is 53.0 Å². The Morgan fingerprint density at radius 1 is 1.14 bits per heavy atom. The molecule has 0 aromatic heterocycles. The Hall–Kier alpha value is -3.55. The molecular formula is C28H32Cl2N2O10. The molecule has 0 saturated carbocycles. The van der Waals surface area contributed by atoms with E-state index in [9.17, 15) is 29.4 Å². The highest BCUT2D eigenvalue weighted by atomic mass is 35.5. The maximum atomic E-state index is 14.0. The summed E-state index contributed by atoms with van der Waals surface area (Å²) in [5, 5.41) is 19.9. The van der Waals surface area contributed by atoms with Crippen molar-refractivity contribution in [3.8, 4) is 0 Å². The van der Waals surface area contributed by atoms with Gasteiger partial charge in [-0.15, -0.1) is 0 Å². The highest BCUT2D eigenvalue weighted by molar-refractivity contribution is 6.42. The molecule has 0 radical (unpaired) electrons. The predicted molar refractivity (Wildman–Crippen MR) is 154 cm³/mol. The van der Waals surface area contributed by atoms with Gasteiger partial charge in [-0.2, -0.15) is 0 Å². The number of aliphatic imine (C=N–C) groups is 1. The Kier molecular flexibility index (Phi) is 12.9. The number of carboxylic acids is 2. The summed E-state index contributed by atoms with van der Waals surface area (Å²) in [7, 11) is 1.05. The number of nitrogens with two attached hydrogens (primary N) is 1. The summed E-state index contributed by atoms with van der Waals surface area (Å²) < 4.78 is 21.5. The lowest BCUT2D eigenvalue weighted by atomic mass is 9.57. The van der Waals surface area contributed by atoms with E-state index >= 15 is 0 Å². The minimum Gasteiger partial charge on any atom is -0.478 e. The van der Waals surface area contributed by atoms with Gasteiger partial charge >= 0.3 is 23.9 Å². The van der Waals surface area contributed by atoms with Gasteiger partial charge in [0.25, 0.3) is 0 Å². The van der Waals surface area contributed by atoms with Crippen molar-refractivity contribution in [1.82, 2.24) is 0 Å². The van der Waals surface area contributed by atoms with Crippen molar-refractivity contribution >= 4 is 52.8 Å². The lowest BCUT2D eigenvalue weighted by molar-refractivity contribution is -0.146. The second-order valence-electron chi connectivity index (χ2n) is 9.13. The number of ether oxygens (including phenoxy) is 4. The number of carbonyl (C=O) groups excluding carboxylic acids is 2. The third kappa shape index (κ3) is 7.64. The van der Waals surface area contributed by atoms with Crippen LogP contribution in [0.2, 0.25) is 10.0 Å². The van der Waals surface area contributed by atoms with E-state index in [1.165, 1.54) is 25.1 Å². The predicted octanol–water partition coefficient (Wildman–Crippen LogP) is 2.96. The normalized spacial score (nSPS) is 18.8. The molecule has 2 atom stereocenters. The molecule has 1 aromatic rings. The average Bonchev–Trinajstić information content (AvgIpc) is 2.92. The van der Waals surface area contributed by atoms with Gasteiger partial charge < -0.3 is 34.9 Å². The zero-order chi connectivity index (χ0) is 31.6. The molecule has 42 heavy (non-hydrogen) atoms. The van der Waals surface area contributed by atoms with Gasteiger partial charge in [0.1, 0.15) is 12.5 Å². The molecule has 0 bridgehead atoms. The summed E-state index contributed by atoms with van der Waals surface area (Å²) in [6.07, 6.45) is 0.374. The first kappa shape index (κ1) is 34.7. The van der Waals surface area contributed by atoms with Crippen molar-refractivity contribution in [3.05, 3.63) is 68.9 Å². The van der Waals surface area contributed by atoms with E-state index in [0.717, 1.165) is 7.11 Å². The van der Waals surface area contributed by atoms with E-state index in [4.69, 9.17) is 47.9 Å². The number of methoxy groups -OCH3 is 1. The summed E-state index contributed by atoms with van der Waals surface area (Å²) in [6, 6.07) is 4.13. The Balaban J connectivity index is 3.12. The molecule has 1 aliphatic heterocycles. The van der Waals surface area contributed by atoms with Gasteiger partial charge in [-0.1, -0.05) is 41.9 Å². The van der Waals surface area contributed by atoms with E-state index in [1.54, 1.807) is 6.92 Å². The SMILES string of the molecule is C=C(C)COC(=O)C1=C(COCCOCCN)N=C(C)C(C(=O)OC)C1(C(=CC(=O)O)C(=O)O)c1cccc(Cl)c1Cl. The van der Waals surface area contributed by atoms with Crippen LogP contribution in [0.15, 0.2) is 58.3 Å². The largest absolute Gasteiger partial charge is 0.478 e. The Morgan fingerprint density at radius 3 is 2.38 bits per heavy atom. The first-order chi connectivity index (χ1) is 19.8. The number of carboxylic acid groups (broad SMARTS) is 2. The van der Waals surface area contributed by atoms with Crippen LogP contribution in [0.4, 0.5) is 0 Å². The molecule has 0 aliphatic carbocycles. The van der Waals surface area contributed by atoms with Crippen molar-refractivity contribution in [2.24, 2.45) is 16.6 Å². The topological polar surface area (TPSA) is 184 Å². The zero-order valence-electron chi connectivity index (χ0n) is 23.3. The van der Waals surface area contributed by atoms with E-state index in [1.807, 2.05) is 0 Å². The fourth-order valence-electron chi connectivity index (χ4n) is 4.60. The van der Waals surface area contributed by atoms with Gasteiger partial charge in [-0.3, -0.25) is 9.79 Å². The number of benzene rings is 1. The fraction of sp³-hybridized carbons (Fsp3) is 0.393. The van der Waals surface area contributed by atoms with Crippen LogP contribution in [0.5, 0.6) is 0 Å². The lowest BCUT2D eigenvalue weighted by Gasteiger charge is -2.44. The molecule has 1 heterocycles. The summed E-state index contributed by atoms with van der Waals surface area (Å²) in [6.45, 7) is 6.73. The maximum absolute atomic E-state index is 14.0. The second-order valence-corrected chi connectivity index (χ2v) is 9.91. The van der Waals surface area contributed by atoms with Crippen molar-refractivity contribution in [2.45, 2.75) is 19.3 Å². The van der Waals surface area contributed by atoms with Gasteiger partial charge in [0, 0.05) is 18.3 Å². The monoisotopic (exact) mass is 626 g/mol. The average molecular weight is 627 g/mol. The molecule has 1 aliphatic rings. The summed E-state index contributed by atoms with van der Waals surface area (Å²) in [4.78, 5) is 56.9. The molecule has 4 N–H and O–H groups in total. The Labute approximate surface area is 252 Å². The molecule has 228 valence electrons.